The van der Waals surface area contributed by atoms with Crippen molar-refractivity contribution >= 4 is 0 Å². The average Bonchev–Trinajstić information content (AvgIpc) is 3.39. The molecule has 0 aliphatic heterocycles. The molecular weight excluding hydrogens is 250 g/mol. The average molecular weight is 269 g/mol. The van der Waals surface area contributed by atoms with Crippen LogP contribution in [0.3, 0.4) is 0 Å². The van der Waals surface area contributed by atoms with Gasteiger partial charge in [0, 0.05) is 17.0 Å². The molecular formula is C17H19NO2. The van der Waals surface area contributed by atoms with E-state index in [1.807, 2.05) is 6.07 Å². The summed E-state index contributed by atoms with van der Waals surface area (Å²) in [6.45, 7) is 2.30. The number of aliphatic hydroxyl groups excluding tert-OH is 1. The molecule has 0 radical (unpaired) electrons. The Morgan fingerprint density at radius 2 is 2.05 bits per heavy atom. The SMILES string of the molecule is C[C@@H]1CC1c1ccccc1-c1noc(C2CC2)c1CO. The van der Waals surface area contributed by atoms with Gasteiger partial charge < -0.3 is 9.63 Å². The van der Waals surface area contributed by atoms with Crippen molar-refractivity contribution in [2.45, 2.75) is 44.6 Å². The van der Waals surface area contributed by atoms with Crippen molar-refractivity contribution in [1.82, 2.24) is 5.16 Å². The maximum atomic E-state index is 9.72. The van der Waals surface area contributed by atoms with Gasteiger partial charge in [-0.3, -0.25) is 0 Å². The lowest BCUT2D eigenvalue weighted by Gasteiger charge is -2.07. The Morgan fingerprint density at radius 1 is 1.30 bits per heavy atom. The smallest absolute Gasteiger partial charge is 0.145 e. The minimum absolute atomic E-state index is 0.0131. The van der Waals surface area contributed by atoms with Gasteiger partial charge in [-0.1, -0.05) is 36.3 Å². The van der Waals surface area contributed by atoms with Gasteiger partial charge in [-0.2, -0.15) is 0 Å². The van der Waals surface area contributed by atoms with Crippen LogP contribution in [0.25, 0.3) is 11.3 Å². The second-order valence-corrected chi connectivity index (χ2v) is 6.21. The van der Waals surface area contributed by atoms with E-state index in [-0.39, 0.29) is 6.61 Å². The molecule has 2 atom stereocenters. The molecule has 1 N–H and O–H groups in total. The monoisotopic (exact) mass is 269 g/mol. The fourth-order valence-electron chi connectivity index (χ4n) is 3.14. The van der Waals surface area contributed by atoms with Crippen LogP contribution in [0, 0.1) is 5.92 Å². The first-order valence-electron chi connectivity index (χ1n) is 7.48. The molecule has 2 aliphatic carbocycles. The lowest BCUT2D eigenvalue weighted by molar-refractivity contribution is 0.277. The van der Waals surface area contributed by atoms with E-state index in [9.17, 15) is 5.11 Å². The quantitative estimate of drug-likeness (QED) is 0.917. The Hall–Kier alpha value is -1.61. The van der Waals surface area contributed by atoms with Crippen molar-refractivity contribution in [3.05, 3.63) is 41.2 Å². The topological polar surface area (TPSA) is 46.3 Å². The molecule has 1 aromatic heterocycles. The van der Waals surface area contributed by atoms with Gasteiger partial charge in [-0.05, 0) is 36.7 Å². The Kier molecular flexibility index (Phi) is 2.71. The zero-order chi connectivity index (χ0) is 13.7. The van der Waals surface area contributed by atoms with E-state index >= 15 is 0 Å². The Balaban J connectivity index is 1.81. The highest BCUT2D eigenvalue weighted by atomic mass is 16.5. The third-order valence-corrected chi connectivity index (χ3v) is 4.65. The minimum Gasteiger partial charge on any atom is -0.391 e. The molecule has 1 unspecified atom stereocenters. The Morgan fingerprint density at radius 3 is 2.70 bits per heavy atom. The summed E-state index contributed by atoms with van der Waals surface area (Å²) in [5, 5.41) is 14.0. The minimum atomic E-state index is 0.0131. The Bertz CT molecular complexity index is 642. The van der Waals surface area contributed by atoms with Gasteiger partial charge in [0.1, 0.15) is 11.5 Å². The maximum Gasteiger partial charge on any atom is 0.145 e. The zero-order valence-electron chi connectivity index (χ0n) is 11.7. The predicted octanol–water partition coefficient (Wildman–Crippen LogP) is 3.83. The van der Waals surface area contributed by atoms with E-state index in [2.05, 4.69) is 30.3 Å². The van der Waals surface area contributed by atoms with Crippen LogP contribution >= 0.6 is 0 Å². The number of rotatable bonds is 4. The molecule has 0 bridgehead atoms. The first-order valence-corrected chi connectivity index (χ1v) is 7.48. The molecule has 0 saturated heterocycles. The fourth-order valence-corrected chi connectivity index (χ4v) is 3.14. The molecule has 2 aromatic rings. The van der Waals surface area contributed by atoms with Crippen LogP contribution in [0.1, 0.15) is 54.9 Å². The van der Waals surface area contributed by atoms with E-state index in [4.69, 9.17) is 4.52 Å². The number of nitrogens with zero attached hydrogens (tertiary/aromatic N) is 1. The van der Waals surface area contributed by atoms with Crippen molar-refractivity contribution in [2.24, 2.45) is 5.92 Å². The van der Waals surface area contributed by atoms with Gasteiger partial charge >= 0.3 is 0 Å². The summed E-state index contributed by atoms with van der Waals surface area (Å²) >= 11 is 0. The predicted molar refractivity (Wildman–Crippen MR) is 76.4 cm³/mol. The first kappa shape index (κ1) is 12.2. The number of aromatic nitrogens is 1. The molecule has 1 aromatic carbocycles. The van der Waals surface area contributed by atoms with Gasteiger partial charge in [0.15, 0.2) is 0 Å². The van der Waals surface area contributed by atoms with Crippen molar-refractivity contribution in [2.75, 3.05) is 0 Å². The molecule has 104 valence electrons. The van der Waals surface area contributed by atoms with Crippen molar-refractivity contribution in [3.63, 3.8) is 0 Å². The van der Waals surface area contributed by atoms with Crippen LogP contribution < -0.4 is 0 Å². The molecule has 0 amide bonds. The highest BCUT2D eigenvalue weighted by Gasteiger charge is 2.37. The second-order valence-electron chi connectivity index (χ2n) is 6.21. The van der Waals surface area contributed by atoms with Crippen molar-refractivity contribution < 1.29 is 9.63 Å². The second kappa shape index (κ2) is 4.45. The van der Waals surface area contributed by atoms with E-state index in [0.717, 1.165) is 41.3 Å². The normalized spacial score (nSPS) is 24.9. The summed E-state index contributed by atoms with van der Waals surface area (Å²) in [7, 11) is 0. The first-order chi connectivity index (χ1) is 9.79. The summed E-state index contributed by atoms with van der Waals surface area (Å²) in [6.07, 6.45) is 3.56. The standard InChI is InChI=1S/C17H19NO2/c1-10-8-14(10)12-4-2-3-5-13(12)16-15(9-19)17(20-18-16)11-6-7-11/h2-5,10-11,14,19H,6-9H2,1H3/t10-,14?/m1/s1. The van der Waals surface area contributed by atoms with E-state index in [1.165, 1.54) is 12.0 Å². The summed E-state index contributed by atoms with van der Waals surface area (Å²) in [6, 6.07) is 8.42. The lowest BCUT2D eigenvalue weighted by Crippen LogP contribution is -1.94. The van der Waals surface area contributed by atoms with Crippen molar-refractivity contribution in [1.29, 1.82) is 0 Å². The molecule has 2 saturated carbocycles. The zero-order valence-corrected chi connectivity index (χ0v) is 11.7. The summed E-state index contributed by atoms with van der Waals surface area (Å²) in [5.74, 6) is 2.77. The number of benzene rings is 1. The van der Waals surface area contributed by atoms with Gasteiger partial charge in [0.25, 0.3) is 0 Å². The largest absolute Gasteiger partial charge is 0.391 e. The molecule has 20 heavy (non-hydrogen) atoms. The van der Waals surface area contributed by atoms with Gasteiger partial charge in [0.2, 0.25) is 0 Å². The Labute approximate surface area is 118 Å². The highest BCUT2D eigenvalue weighted by molar-refractivity contribution is 5.69. The molecule has 4 rings (SSSR count). The lowest BCUT2D eigenvalue weighted by atomic mass is 9.96. The van der Waals surface area contributed by atoms with Crippen LogP contribution in [0.2, 0.25) is 0 Å². The van der Waals surface area contributed by atoms with E-state index in [1.54, 1.807) is 0 Å². The third kappa shape index (κ3) is 1.88. The molecule has 1 heterocycles. The van der Waals surface area contributed by atoms with Crippen LogP contribution in [0.4, 0.5) is 0 Å². The van der Waals surface area contributed by atoms with Crippen LogP contribution in [0.5, 0.6) is 0 Å². The summed E-state index contributed by atoms with van der Waals surface area (Å²) in [5.41, 5.74) is 4.24. The molecule has 0 spiro atoms. The van der Waals surface area contributed by atoms with Gasteiger partial charge in [0.05, 0.1) is 6.61 Å². The maximum absolute atomic E-state index is 9.72. The van der Waals surface area contributed by atoms with Crippen LogP contribution in [-0.2, 0) is 6.61 Å². The molecule has 2 fully saturated rings. The molecule has 3 heteroatoms. The van der Waals surface area contributed by atoms with Crippen molar-refractivity contribution in [3.8, 4) is 11.3 Å². The molecule has 3 nitrogen and oxygen atoms in total. The van der Waals surface area contributed by atoms with E-state index < -0.39 is 0 Å². The third-order valence-electron chi connectivity index (χ3n) is 4.65. The fraction of sp³-hybridized carbons (Fsp3) is 0.471. The summed E-state index contributed by atoms with van der Waals surface area (Å²) < 4.78 is 5.54. The number of aliphatic hydroxyl groups is 1. The number of hydrogen-bond acceptors (Lipinski definition) is 3. The van der Waals surface area contributed by atoms with Gasteiger partial charge in [-0.15, -0.1) is 0 Å². The van der Waals surface area contributed by atoms with Gasteiger partial charge in [-0.25, -0.2) is 0 Å². The molecule has 2 aliphatic rings. The number of hydrogen-bond donors (Lipinski definition) is 1. The highest BCUT2D eigenvalue weighted by Crippen LogP contribution is 2.51. The van der Waals surface area contributed by atoms with Crippen LogP contribution in [0.15, 0.2) is 28.8 Å². The van der Waals surface area contributed by atoms with E-state index in [0.29, 0.717) is 11.8 Å². The summed E-state index contributed by atoms with van der Waals surface area (Å²) in [4.78, 5) is 0. The van der Waals surface area contributed by atoms with Crippen LogP contribution in [-0.4, -0.2) is 10.3 Å².